The van der Waals surface area contributed by atoms with Crippen LogP contribution in [-0.4, -0.2) is 64.5 Å². The van der Waals surface area contributed by atoms with Crippen molar-refractivity contribution in [3.63, 3.8) is 0 Å². The van der Waals surface area contributed by atoms with Crippen LogP contribution in [0.25, 0.3) is 0 Å². The van der Waals surface area contributed by atoms with Crippen molar-refractivity contribution in [1.29, 1.82) is 0 Å². The number of hydrogen-bond donors (Lipinski definition) is 1. The van der Waals surface area contributed by atoms with E-state index in [1.54, 1.807) is 36.4 Å². The second-order valence-electron chi connectivity index (χ2n) is 10.9. The van der Waals surface area contributed by atoms with Crippen LogP contribution in [0, 0.1) is 0 Å². The van der Waals surface area contributed by atoms with Gasteiger partial charge in [0.25, 0.3) is 10.0 Å². The third-order valence-corrected chi connectivity index (χ3v) is 9.88. The normalized spacial score (nSPS) is 14.3. The summed E-state index contributed by atoms with van der Waals surface area (Å²) in [6.45, 7) is 1.61. The first kappa shape index (κ1) is 32.9. The lowest BCUT2D eigenvalue weighted by Gasteiger charge is -2.34. The standard InChI is InChI=1S/C34H43N3O6S/c1-4-30(34(39)35-27-15-9-6-10-16-27)36(24-23-26-13-7-5-8-14-26)33(38)25-37(31-17-11-12-18-32(31)43-3)44(40,41)29-21-19-28(42-2)20-22-29/h5,7-8,11-14,17-22,27,30H,4,6,9-10,15-16,23-25H2,1-3H3,(H,35,39)/t30-/m1/s1. The fourth-order valence-corrected chi connectivity index (χ4v) is 7.09. The number of nitrogens with one attached hydrogen (secondary N) is 1. The number of carbonyl (C=O) groups is 2. The smallest absolute Gasteiger partial charge is 0.264 e. The summed E-state index contributed by atoms with van der Waals surface area (Å²) in [5.74, 6) is 0.123. The Kier molecular flexibility index (Phi) is 11.7. The highest BCUT2D eigenvalue weighted by atomic mass is 32.2. The minimum absolute atomic E-state index is 0.00470. The van der Waals surface area contributed by atoms with Crippen molar-refractivity contribution in [3.8, 4) is 11.5 Å². The molecule has 0 radical (unpaired) electrons. The lowest BCUT2D eigenvalue weighted by molar-refractivity contribution is -0.140. The molecule has 1 aliphatic rings. The summed E-state index contributed by atoms with van der Waals surface area (Å²) in [5, 5.41) is 3.18. The Bertz CT molecular complexity index is 1470. The first-order chi connectivity index (χ1) is 21.3. The molecule has 0 bridgehead atoms. The Hall–Kier alpha value is -4.05. The van der Waals surface area contributed by atoms with Gasteiger partial charge in [0.2, 0.25) is 11.8 Å². The van der Waals surface area contributed by atoms with E-state index < -0.39 is 28.5 Å². The number of nitrogens with zero attached hydrogens (tertiary/aromatic N) is 2. The molecule has 9 nitrogen and oxygen atoms in total. The maximum Gasteiger partial charge on any atom is 0.264 e. The molecule has 0 aliphatic heterocycles. The third kappa shape index (κ3) is 8.11. The zero-order valence-electron chi connectivity index (χ0n) is 25.8. The highest BCUT2D eigenvalue weighted by molar-refractivity contribution is 7.92. The van der Waals surface area contributed by atoms with E-state index in [1.807, 2.05) is 37.3 Å². The Morgan fingerprint density at radius 1 is 0.886 bits per heavy atom. The van der Waals surface area contributed by atoms with Crippen molar-refractivity contribution < 1.29 is 27.5 Å². The van der Waals surface area contributed by atoms with Crippen molar-refractivity contribution >= 4 is 27.5 Å². The number of amides is 2. The van der Waals surface area contributed by atoms with Crippen LogP contribution in [0.3, 0.4) is 0 Å². The van der Waals surface area contributed by atoms with Crippen LogP contribution in [0.2, 0.25) is 0 Å². The molecule has 1 N–H and O–H groups in total. The second kappa shape index (κ2) is 15.6. The van der Waals surface area contributed by atoms with Gasteiger partial charge in [-0.1, -0.05) is 68.7 Å². The monoisotopic (exact) mass is 621 g/mol. The quantitative estimate of drug-likeness (QED) is 0.265. The van der Waals surface area contributed by atoms with Gasteiger partial charge in [-0.15, -0.1) is 0 Å². The summed E-state index contributed by atoms with van der Waals surface area (Å²) in [6.07, 6.45) is 6.03. The van der Waals surface area contributed by atoms with Crippen LogP contribution < -0.4 is 19.1 Å². The topological polar surface area (TPSA) is 105 Å². The molecule has 3 aromatic carbocycles. The van der Waals surface area contributed by atoms with Crippen molar-refractivity contribution in [2.24, 2.45) is 0 Å². The molecular weight excluding hydrogens is 578 g/mol. The number of benzene rings is 3. The number of sulfonamides is 1. The van der Waals surface area contributed by atoms with E-state index in [0.29, 0.717) is 24.3 Å². The predicted molar refractivity (Wildman–Crippen MR) is 171 cm³/mol. The zero-order chi connectivity index (χ0) is 31.5. The lowest BCUT2D eigenvalue weighted by Crippen LogP contribution is -2.54. The first-order valence-electron chi connectivity index (χ1n) is 15.2. The molecule has 1 aliphatic carbocycles. The molecule has 2 amide bonds. The van der Waals surface area contributed by atoms with Gasteiger partial charge in [-0.25, -0.2) is 8.42 Å². The number of para-hydroxylation sites is 2. The molecule has 1 saturated carbocycles. The van der Waals surface area contributed by atoms with Gasteiger partial charge in [0.1, 0.15) is 24.1 Å². The number of ether oxygens (including phenoxy) is 2. The van der Waals surface area contributed by atoms with Crippen molar-refractivity contribution in [2.45, 2.75) is 68.8 Å². The SMILES string of the molecule is CC[C@H](C(=O)NC1CCCCC1)N(CCc1ccccc1)C(=O)CN(c1ccccc1OC)S(=O)(=O)c1ccc(OC)cc1. The van der Waals surface area contributed by atoms with Gasteiger partial charge in [0.15, 0.2) is 0 Å². The number of carbonyl (C=O) groups excluding carboxylic acids is 2. The molecule has 0 unspecified atom stereocenters. The van der Waals surface area contributed by atoms with E-state index in [-0.39, 0.29) is 29.1 Å². The average Bonchev–Trinajstić information content (AvgIpc) is 3.06. The summed E-state index contributed by atoms with van der Waals surface area (Å²) < 4.78 is 40.1. The van der Waals surface area contributed by atoms with Gasteiger partial charge in [-0.05, 0) is 67.6 Å². The molecule has 4 rings (SSSR count). The van der Waals surface area contributed by atoms with Crippen LogP contribution in [0.15, 0.2) is 83.8 Å². The maximum absolute atomic E-state index is 14.3. The molecule has 1 fully saturated rings. The fourth-order valence-electron chi connectivity index (χ4n) is 5.66. The summed E-state index contributed by atoms with van der Waals surface area (Å²) in [5.41, 5.74) is 1.24. The summed E-state index contributed by atoms with van der Waals surface area (Å²) >= 11 is 0. The third-order valence-electron chi connectivity index (χ3n) is 8.10. The summed E-state index contributed by atoms with van der Waals surface area (Å²) in [4.78, 5) is 29.5. The minimum atomic E-state index is -4.23. The van der Waals surface area contributed by atoms with Crippen LogP contribution in [0.4, 0.5) is 5.69 Å². The van der Waals surface area contributed by atoms with Gasteiger partial charge >= 0.3 is 0 Å². The molecule has 44 heavy (non-hydrogen) atoms. The highest BCUT2D eigenvalue weighted by Gasteiger charge is 2.35. The Balaban J connectivity index is 1.69. The zero-order valence-corrected chi connectivity index (χ0v) is 26.6. The van der Waals surface area contributed by atoms with Gasteiger partial charge in [0.05, 0.1) is 24.8 Å². The molecule has 236 valence electrons. The van der Waals surface area contributed by atoms with Crippen molar-refractivity contribution in [3.05, 3.63) is 84.4 Å². The second-order valence-corrected chi connectivity index (χ2v) is 12.8. The average molecular weight is 622 g/mol. The van der Waals surface area contributed by atoms with E-state index in [4.69, 9.17) is 9.47 Å². The largest absolute Gasteiger partial charge is 0.497 e. The molecule has 0 spiro atoms. The molecule has 3 aromatic rings. The molecule has 0 saturated heterocycles. The highest BCUT2D eigenvalue weighted by Crippen LogP contribution is 2.33. The minimum Gasteiger partial charge on any atom is -0.497 e. The number of rotatable bonds is 14. The fraction of sp³-hybridized carbons (Fsp3) is 0.412. The molecular formula is C34H43N3O6S. The van der Waals surface area contributed by atoms with E-state index in [9.17, 15) is 18.0 Å². The molecule has 1 atom stereocenters. The van der Waals surface area contributed by atoms with Crippen LogP contribution in [-0.2, 0) is 26.0 Å². The maximum atomic E-state index is 14.3. The molecule has 0 heterocycles. The lowest BCUT2D eigenvalue weighted by atomic mass is 9.95. The van der Waals surface area contributed by atoms with E-state index in [2.05, 4.69) is 5.32 Å². The van der Waals surface area contributed by atoms with Gasteiger partial charge in [-0.2, -0.15) is 0 Å². The van der Waals surface area contributed by atoms with Gasteiger partial charge in [-0.3, -0.25) is 13.9 Å². The Morgan fingerprint density at radius 3 is 2.18 bits per heavy atom. The van der Waals surface area contributed by atoms with E-state index >= 15 is 0 Å². The number of hydrogen-bond acceptors (Lipinski definition) is 6. The van der Waals surface area contributed by atoms with Crippen molar-refractivity contribution in [1.82, 2.24) is 10.2 Å². The predicted octanol–water partition coefficient (Wildman–Crippen LogP) is 5.20. The first-order valence-corrected chi connectivity index (χ1v) is 16.7. The summed E-state index contributed by atoms with van der Waals surface area (Å²) in [7, 11) is -1.28. The van der Waals surface area contributed by atoms with Crippen LogP contribution in [0.5, 0.6) is 11.5 Å². The van der Waals surface area contributed by atoms with Crippen LogP contribution in [0.1, 0.15) is 51.0 Å². The Labute approximate surface area is 261 Å². The molecule has 0 aromatic heterocycles. The van der Waals surface area contributed by atoms with Crippen LogP contribution >= 0.6 is 0 Å². The summed E-state index contributed by atoms with van der Waals surface area (Å²) in [6, 6.07) is 21.7. The Morgan fingerprint density at radius 2 is 1.55 bits per heavy atom. The van der Waals surface area contributed by atoms with Gasteiger partial charge in [0, 0.05) is 12.6 Å². The number of anilines is 1. The van der Waals surface area contributed by atoms with Crippen molar-refractivity contribution in [2.75, 3.05) is 31.6 Å². The van der Waals surface area contributed by atoms with Gasteiger partial charge < -0.3 is 19.7 Å². The van der Waals surface area contributed by atoms with E-state index in [1.165, 1.54) is 31.3 Å². The number of methoxy groups -OCH3 is 2. The molecule has 10 heteroatoms. The van der Waals surface area contributed by atoms with E-state index in [0.717, 1.165) is 42.0 Å².